The van der Waals surface area contributed by atoms with Crippen LogP contribution < -0.4 is 0 Å². The summed E-state index contributed by atoms with van der Waals surface area (Å²) in [5.74, 6) is -0.246. The summed E-state index contributed by atoms with van der Waals surface area (Å²) in [5.41, 5.74) is 0.574. The van der Waals surface area contributed by atoms with Gasteiger partial charge >= 0.3 is 6.18 Å². The highest BCUT2D eigenvalue weighted by atomic mass is 32.2. The normalized spacial score (nSPS) is 16.5. The molecular weight excluding hydrogens is 421 g/mol. The Kier molecular flexibility index (Phi) is 6.23. The Morgan fingerprint density at radius 1 is 1.10 bits per heavy atom. The topological polar surface area (TPSA) is 86.4 Å². The minimum atomic E-state index is -4.42. The van der Waals surface area contributed by atoms with Gasteiger partial charge in [0.1, 0.15) is 4.90 Å². The van der Waals surface area contributed by atoms with Gasteiger partial charge in [-0.15, -0.1) is 0 Å². The molecule has 1 aliphatic heterocycles. The Balaban J connectivity index is 1.65. The minimum absolute atomic E-state index is 0.0369. The average Bonchev–Trinajstić information content (AvgIpc) is 2.86. The number of carbonyl (C=O) groups excluding carboxylic acids is 1. The summed E-state index contributed by atoms with van der Waals surface area (Å²) in [7, 11) is -3.74. The van der Waals surface area contributed by atoms with Crippen molar-refractivity contribution in [3.8, 4) is 0 Å². The van der Waals surface area contributed by atoms with Crippen molar-refractivity contribution < 1.29 is 26.4 Å². The van der Waals surface area contributed by atoms with E-state index in [4.69, 9.17) is 0 Å². The highest BCUT2D eigenvalue weighted by Gasteiger charge is 2.32. The number of benzene rings is 1. The zero-order valence-electron chi connectivity index (χ0n) is 16.7. The lowest BCUT2D eigenvalue weighted by Crippen LogP contribution is -2.38. The van der Waals surface area contributed by atoms with Crippen molar-refractivity contribution in [1.29, 1.82) is 0 Å². The molecule has 2 aromatic rings. The zero-order chi connectivity index (χ0) is 22.1. The molecule has 0 saturated carbocycles. The molecule has 0 spiro atoms. The molecule has 0 atom stereocenters. The Hall–Kier alpha value is -2.40. The second-order valence-electron chi connectivity index (χ2n) is 7.27. The van der Waals surface area contributed by atoms with Gasteiger partial charge in [0.05, 0.1) is 23.4 Å². The lowest BCUT2D eigenvalue weighted by atomic mass is 10.1. The number of nitrogens with zero attached hydrogens (tertiary/aromatic N) is 3. The molecule has 0 radical (unpaired) electrons. The van der Waals surface area contributed by atoms with Gasteiger partial charge in [0.25, 0.3) is 0 Å². The number of H-pyrrole nitrogens is 1. The number of halogens is 3. The number of aryl methyl sites for hydroxylation is 2. The van der Waals surface area contributed by atoms with Crippen molar-refractivity contribution >= 4 is 15.9 Å². The van der Waals surface area contributed by atoms with Crippen LogP contribution in [0.15, 0.2) is 29.2 Å². The third-order valence-corrected chi connectivity index (χ3v) is 7.27. The van der Waals surface area contributed by atoms with Crippen LogP contribution in [0.2, 0.25) is 0 Å². The summed E-state index contributed by atoms with van der Waals surface area (Å²) < 4.78 is 65.3. The van der Waals surface area contributed by atoms with Gasteiger partial charge in [0.15, 0.2) is 0 Å². The van der Waals surface area contributed by atoms with Crippen LogP contribution in [-0.4, -0.2) is 59.9 Å². The number of aromatic amines is 1. The molecule has 11 heteroatoms. The SMILES string of the molecule is Cc1n[nH]c(C)c1S(=O)(=O)N1CCCN(C(=O)Cc2ccc(C(F)(F)F)cc2)CC1. The van der Waals surface area contributed by atoms with Gasteiger partial charge in [-0.3, -0.25) is 9.89 Å². The molecule has 1 aromatic carbocycles. The van der Waals surface area contributed by atoms with Crippen LogP contribution in [0.4, 0.5) is 13.2 Å². The first-order valence-corrected chi connectivity index (χ1v) is 10.9. The van der Waals surface area contributed by atoms with E-state index in [0.717, 1.165) is 12.1 Å². The van der Waals surface area contributed by atoms with E-state index in [1.54, 1.807) is 18.7 Å². The molecule has 1 aromatic heterocycles. The molecule has 1 saturated heterocycles. The molecule has 0 aliphatic carbocycles. The zero-order valence-corrected chi connectivity index (χ0v) is 17.5. The molecule has 0 bridgehead atoms. The average molecular weight is 444 g/mol. The van der Waals surface area contributed by atoms with Crippen LogP contribution in [-0.2, 0) is 27.4 Å². The van der Waals surface area contributed by atoms with Gasteiger partial charge in [-0.25, -0.2) is 8.42 Å². The van der Waals surface area contributed by atoms with Crippen molar-refractivity contribution in [2.24, 2.45) is 0 Å². The lowest BCUT2D eigenvalue weighted by molar-refractivity contribution is -0.137. The Morgan fingerprint density at radius 3 is 2.33 bits per heavy atom. The van der Waals surface area contributed by atoms with Crippen LogP contribution in [0.25, 0.3) is 0 Å². The lowest BCUT2D eigenvalue weighted by Gasteiger charge is -2.22. The summed E-state index contributed by atoms with van der Waals surface area (Å²) in [6.07, 6.45) is -3.99. The molecule has 0 unspecified atom stereocenters. The van der Waals surface area contributed by atoms with E-state index in [0.29, 0.717) is 29.9 Å². The van der Waals surface area contributed by atoms with Crippen molar-refractivity contribution in [1.82, 2.24) is 19.4 Å². The van der Waals surface area contributed by atoms with Gasteiger partial charge in [-0.1, -0.05) is 12.1 Å². The van der Waals surface area contributed by atoms with Crippen LogP contribution in [0.5, 0.6) is 0 Å². The first-order valence-electron chi connectivity index (χ1n) is 9.46. The van der Waals surface area contributed by atoms with Gasteiger partial charge < -0.3 is 4.90 Å². The standard InChI is InChI=1S/C19H23F3N4O3S/c1-13-18(14(2)24-23-13)30(28,29)26-9-3-8-25(10-11-26)17(27)12-15-4-6-16(7-5-15)19(20,21)22/h4-7H,3,8-12H2,1-2H3,(H,23,24). The number of hydrogen-bond acceptors (Lipinski definition) is 4. The highest BCUT2D eigenvalue weighted by molar-refractivity contribution is 7.89. The van der Waals surface area contributed by atoms with E-state index in [9.17, 15) is 26.4 Å². The summed E-state index contributed by atoms with van der Waals surface area (Å²) in [6, 6.07) is 4.49. The maximum Gasteiger partial charge on any atom is 0.416 e. The number of aromatic nitrogens is 2. The van der Waals surface area contributed by atoms with Gasteiger partial charge in [-0.2, -0.15) is 22.6 Å². The predicted molar refractivity (Wildman–Crippen MR) is 103 cm³/mol. The Morgan fingerprint density at radius 2 is 1.77 bits per heavy atom. The minimum Gasteiger partial charge on any atom is -0.341 e. The first kappa shape index (κ1) is 22.3. The monoisotopic (exact) mass is 444 g/mol. The maximum atomic E-state index is 13.0. The molecule has 3 rings (SSSR count). The smallest absolute Gasteiger partial charge is 0.341 e. The van der Waals surface area contributed by atoms with Gasteiger partial charge in [0.2, 0.25) is 15.9 Å². The first-order chi connectivity index (χ1) is 14.0. The third kappa shape index (κ3) is 4.67. The van der Waals surface area contributed by atoms with Crippen molar-refractivity contribution in [2.75, 3.05) is 26.2 Å². The van der Waals surface area contributed by atoms with Crippen molar-refractivity contribution in [3.63, 3.8) is 0 Å². The molecule has 1 N–H and O–H groups in total. The maximum absolute atomic E-state index is 13.0. The second kappa shape index (κ2) is 8.38. The summed E-state index contributed by atoms with van der Waals surface area (Å²) in [6.45, 7) is 4.28. The fourth-order valence-electron chi connectivity index (χ4n) is 3.53. The number of nitrogens with one attached hydrogen (secondary N) is 1. The van der Waals surface area contributed by atoms with Gasteiger partial charge in [-0.05, 0) is 38.0 Å². The van der Waals surface area contributed by atoms with Gasteiger partial charge in [0, 0.05) is 26.2 Å². The molecule has 164 valence electrons. The number of sulfonamides is 1. The van der Waals surface area contributed by atoms with E-state index in [-0.39, 0.29) is 36.9 Å². The fraction of sp³-hybridized carbons (Fsp3) is 0.474. The second-order valence-corrected chi connectivity index (χ2v) is 9.15. The van der Waals surface area contributed by atoms with Crippen LogP contribution in [0.1, 0.15) is 28.9 Å². The molecule has 30 heavy (non-hydrogen) atoms. The molecule has 1 fully saturated rings. The van der Waals surface area contributed by atoms with E-state index < -0.39 is 21.8 Å². The van der Waals surface area contributed by atoms with E-state index >= 15 is 0 Å². The van der Waals surface area contributed by atoms with Crippen molar-refractivity contribution in [2.45, 2.75) is 37.8 Å². The molecular formula is C19H23F3N4O3S. The van der Waals surface area contributed by atoms with Crippen LogP contribution >= 0.6 is 0 Å². The number of alkyl halides is 3. The fourth-order valence-corrected chi connectivity index (χ4v) is 5.33. The highest BCUT2D eigenvalue weighted by Crippen LogP contribution is 2.29. The molecule has 1 amide bonds. The van der Waals surface area contributed by atoms with Crippen molar-refractivity contribution in [3.05, 3.63) is 46.8 Å². The Bertz CT molecular complexity index is 997. The Labute approximate surface area is 172 Å². The van der Waals surface area contributed by atoms with E-state index in [2.05, 4.69) is 10.2 Å². The van der Waals surface area contributed by atoms with Crippen LogP contribution in [0.3, 0.4) is 0 Å². The molecule has 2 heterocycles. The number of hydrogen-bond donors (Lipinski definition) is 1. The van der Waals surface area contributed by atoms with Crippen LogP contribution in [0, 0.1) is 13.8 Å². The third-order valence-electron chi connectivity index (χ3n) is 5.10. The number of rotatable bonds is 4. The molecule has 7 nitrogen and oxygen atoms in total. The number of amides is 1. The van der Waals surface area contributed by atoms with E-state index in [1.165, 1.54) is 16.4 Å². The molecule has 1 aliphatic rings. The number of carbonyl (C=O) groups is 1. The summed E-state index contributed by atoms with van der Waals surface area (Å²) >= 11 is 0. The predicted octanol–water partition coefficient (Wildman–Crippen LogP) is 2.51. The summed E-state index contributed by atoms with van der Waals surface area (Å²) in [4.78, 5) is 14.3. The summed E-state index contributed by atoms with van der Waals surface area (Å²) in [5, 5.41) is 6.62. The van der Waals surface area contributed by atoms with E-state index in [1.807, 2.05) is 0 Å². The quantitative estimate of drug-likeness (QED) is 0.785. The largest absolute Gasteiger partial charge is 0.416 e.